The number of nitrogens with one attached hydrogen (secondary N) is 1. The highest BCUT2D eigenvalue weighted by molar-refractivity contribution is 6.61. The van der Waals surface area contributed by atoms with E-state index in [1.54, 1.807) is 18.5 Å². The van der Waals surface area contributed by atoms with E-state index < -0.39 is 21.5 Å². The molecule has 1 amide bonds. The molecule has 0 aliphatic carbocycles. The summed E-state index contributed by atoms with van der Waals surface area (Å²) in [6.07, 6.45) is 7.01. The first-order chi connectivity index (χ1) is 18.5. The third kappa shape index (κ3) is 4.48. The Kier molecular flexibility index (Phi) is 6.60. The fourth-order valence-corrected chi connectivity index (χ4v) is 5.58. The van der Waals surface area contributed by atoms with Crippen LogP contribution in [0.2, 0.25) is 0 Å². The van der Waals surface area contributed by atoms with Crippen molar-refractivity contribution in [2.45, 2.75) is 28.4 Å². The van der Waals surface area contributed by atoms with Gasteiger partial charge in [0.05, 0.1) is 23.6 Å². The molecule has 40 heavy (non-hydrogen) atoms. The number of rotatable bonds is 4. The zero-order valence-corrected chi connectivity index (χ0v) is 25.1. The van der Waals surface area contributed by atoms with E-state index >= 15 is 0 Å². The number of nitrogens with zero attached hydrogens (tertiary/aromatic N) is 6. The number of hydrogen-bond donors (Lipinski definition) is 1. The van der Waals surface area contributed by atoms with Crippen LogP contribution in [0.5, 0.6) is 0 Å². The zero-order chi connectivity index (χ0) is 29.3. The van der Waals surface area contributed by atoms with Crippen molar-refractivity contribution in [1.29, 1.82) is 0 Å². The van der Waals surface area contributed by atoms with Gasteiger partial charge >= 0.3 is 0 Å². The van der Waals surface area contributed by atoms with Crippen LogP contribution in [0.15, 0.2) is 49.1 Å². The number of hydrogen-bond acceptors (Lipinski definition) is 7. The van der Waals surface area contributed by atoms with Crippen molar-refractivity contribution in [3.05, 3.63) is 60.4 Å². The van der Waals surface area contributed by atoms with E-state index in [2.05, 4.69) is 87.9 Å². The molecule has 9 nitrogen and oxygen atoms in total. The van der Waals surface area contributed by atoms with Crippen LogP contribution in [0.3, 0.4) is 0 Å². The van der Waals surface area contributed by atoms with Crippen LogP contribution in [0.4, 0.5) is 11.6 Å². The number of aryl methyl sites for hydroxylation is 1. The summed E-state index contributed by atoms with van der Waals surface area (Å²) >= 11 is 0. The molecule has 0 unspecified atom stereocenters. The lowest BCUT2D eigenvalue weighted by molar-refractivity contribution is -0.0256. The molecule has 0 spiro atoms. The van der Waals surface area contributed by atoms with Gasteiger partial charge in [-0.2, -0.15) is 0 Å². The Bertz CT molecular complexity index is 1620. The lowest BCUT2D eigenvalue weighted by atomic mass is 9.30. The minimum atomic E-state index is -0.470. The number of fused-ring (bicyclic) bond motifs is 1. The molecule has 1 N–H and O–H groups in total. The molecular weight excluding hydrogens is 493 g/mol. The predicted octanol–water partition coefficient (Wildman–Crippen LogP) is -5.50. The molecule has 1 aliphatic heterocycles. The number of aromatic nitrogens is 5. The molecule has 0 bridgehead atoms. The molecule has 17 heteroatoms. The quantitative estimate of drug-likeness (QED) is 0.267. The zero-order valence-electron chi connectivity index (χ0n) is 25.1. The number of imidazole rings is 1. The summed E-state index contributed by atoms with van der Waals surface area (Å²) in [6, 6.07) is 7.45. The van der Waals surface area contributed by atoms with Gasteiger partial charge in [0.1, 0.15) is 80.2 Å². The van der Waals surface area contributed by atoms with Crippen molar-refractivity contribution >= 4 is 91.2 Å². The smallest absolute Gasteiger partial charge is 0.257 e. The lowest BCUT2D eigenvalue weighted by Gasteiger charge is -2.69. The molecule has 4 aromatic rings. The normalized spacial score (nSPS) is 18.8. The van der Waals surface area contributed by atoms with Crippen LogP contribution in [-0.2, 0) is 11.8 Å². The highest BCUT2D eigenvalue weighted by Gasteiger charge is 2.58. The molecule has 0 atom stereocenters. The maximum atomic E-state index is 13.4. The molecule has 5 heterocycles. The average Bonchev–Trinajstić information content (AvgIpc) is 3.20. The first kappa shape index (κ1) is 28.2. The molecular formula is C23H31B8N7O2. The van der Waals surface area contributed by atoms with Crippen LogP contribution < -0.4 is 10.2 Å². The number of carbonyl (C=O) groups excluding carboxylic acids is 1. The molecule has 194 valence electrons. The van der Waals surface area contributed by atoms with Crippen molar-refractivity contribution in [2.24, 2.45) is 7.05 Å². The van der Waals surface area contributed by atoms with E-state index in [1.165, 1.54) is 0 Å². The van der Waals surface area contributed by atoms with Gasteiger partial charge in [0.15, 0.2) is 0 Å². The number of anilines is 2. The summed E-state index contributed by atoms with van der Waals surface area (Å²) in [4.78, 5) is 33.9. The van der Waals surface area contributed by atoms with E-state index in [-0.39, 0.29) is 5.91 Å². The summed E-state index contributed by atoms with van der Waals surface area (Å²) in [5.41, 5.74) is 3.16. The van der Waals surface area contributed by atoms with E-state index in [9.17, 15) is 4.79 Å². The van der Waals surface area contributed by atoms with Gasteiger partial charge in [-0.25, -0.2) is 15.0 Å². The molecule has 0 saturated carbocycles. The largest absolute Gasteiger partial charge is 0.402 e. The number of carbonyl (C=O) groups is 1. The Labute approximate surface area is 242 Å². The van der Waals surface area contributed by atoms with E-state index in [0.717, 1.165) is 33.8 Å². The first-order valence-corrected chi connectivity index (χ1v) is 13.6. The molecule has 0 radical (unpaired) electrons. The maximum absolute atomic E-state index is 13.4. The fraction of sp³-hybridized carbons (Fsp3) is 0.261. The third-order valence-electron chi connectivity index (χ3n) is 9.14. The minimum Gasteiger partial charge on any atom is -0.402 e. The topological polar surface area (TPSA) is 98.1 Å². The van der Waals surface area contributed by atoms with Gasteiger partial charge in [-0.15, -0.1) is 0 Å². The summed E-state index contributed by atoms with van der Waals surface area (Å²) in [5, 5.41) is 2.07. The summed E-state index contributed by atoms with van der Waals surface area (Å²) < 4.78 is 8.63. The number of pyridine rings is 3. The SMILES string of the molecule is BC1(B)OC(B)(B)C(B)(B)N(c2cc(C(=O)Nc3cc4cc(-c5cnc(C)n5C)cnc4cn3)ccn2)C1(B)B. The molecule has 1 fully saturated rings. The molecule has 5 rings (SSSR count). The molecule has 4 aromatic heterocycles. The summed E-state index contributed by atoms with van der Waals surface area (Å²) in [7, 11) is 19.0. The first-order valence-electron chi connectivity index (χ1n) is 13.6. The Morgan fingerprint density at radius 1 is 0.875 bits per heavy atom. The van der Waals surface area contributed by atoms with Crippen molar-refractivity contribution in [3.8, 4) is 11.3 Å². The Morgan fingerprint density at radius 3 is 2.17 bits per heavy atom. The van der Waals surface area contributed by atoms with Crippen LogP contribution in [0.1, 0.15) is 16.2 Å². The van der Waals surface area contributed by atoms with E-state index in [0.29, 0.717) is 11.4 Å². The molecule has 1 aliphatic rings. The van der Waals surface area contributed by atoms with Gasteiger partial charge in [0.25, 0.3) is 5.91 Å². The van der Waals surface area contributed by atoms with Gasteiger partial charge in [-0.3, -0.25) is 9.78 Å². The Hall–Kier alpha value is -3.33. The number of amides is 1. The summed E-state index contributed by atoms with van der Waals surface area (Å²) in [6.45, 7) is 1.96. The highest BCUT2D eigenvalue weighted by Crippen LogP contribution is 2.42. The average molecular weight is 524 g/mol. The van der Waals surface area contributed by atoms with Crippen LogP contribution in [0.25, 0.3) is 22.2 Å². The fourth-order valence-electron chi connectivity index (χ4n) is 5.58. The Balaban J connectivity index is 1.46. The van der Waals surface area contributed by atoms with Gasteiger partial charge < -0.3 is 19.5 Å². The molecule has 0 aromatic carbocycles. The van der Waals surface area contributed by atoms with Crippen molar-refractivity contribution < 1.29 is 9.53 Å². The predicted molar refractivity (Wildman–Crippen MR) is 182 cm³/mol. The van der Waals surface area contributed by atoms with Crippen LogP contribution >= 0.6 is 0 Å². The van der Waals surface area contributed by atoms with Crippen molar-refractivity contribution in [2.75, 3.05) is 10.2 Å². The monoisotopic (exact) mass is 525 g/mol. The molecule has 1 saturated heterocycles. The second kappa shape index (κ2) is 9.36. The number of ether oxygens (including phenoxy) is 1. The van der Waals surface area contributed by atoms with E-state index in [1.807, 2.05) is 49.1 Å². The second-order valence-electron chi connectivity index (χ2n) is 12.7. The lowest BCUT2D eigenvalue weighted by Crippen LogP contribution is -2.86. The van der Waals surface area contributed by atoms with Crippen molar-refractivity contribution in [3.63, 3.8) is 0 Å². The van der Waals surface area contributed by atoms with Gasteiger partial charge in [-0.05, 0) is 41.9 Å². The number of morpholine rings is 1. The summed E-state index contributed by atoms with van der Waals surface area (Å²) in [5.74, 6) is 1.83. The Morgan fingerprint density at radius 2 is 1.55 bits per heavy atom. The van der Waals surface area contributed by atoms with Crippen LogP contribution in [0, 0.1) is 6.92 Å². The van der Waals surface area contributed by atoms with Gasteiger partial charge in [0.2, 0.25) is 0 Å². The van der Waals surface area contributed by atoms with Crippen LogP contribution in [-0.4, -0.2) is 115 Å². The van der Waals surface area contributed by atoms with Gasteiger partial charge in [0, 0.05) is 46.8 Å². The highest BCUT2D eigenvalue weighted by atomic mass is 16.5. The third-order valence-corrected chi connectivity index (χ3v) is 9.14. The maximum Gasteiger partial charge on any atom is 0.257 e. The van der Waals surface area contributed by atoms with Crippen molar-refractivity contribution in [1.82, 2.24) is 24.5 Å². The second-order valence-corrected chi connectivity index (χ2v) is 12.7. The van der Waals surface area contributed by atoms with Gasteiger partial charge in [-0.1, -0.05) is 0 Å². The van der Waals surface area contributed by atoms with E-state index in [4.69, 9.17) is 9.72 Å². The minimum absolute atomic E-state index is 0.260. The standard InChI is InChI=1S/C23H31B8N7O2/c1-11-33-10-16(37(11)2)14-5-13-6-17(35-9-15(13)34-8-14)36-19(39)12-3-4-32-18(7-12)38-20(24,25)22(28,29)40-23(30,31)21(38,26)27/h3-10H,24-31H2,1-2H3,(H,35,36,39).